The number of aromatic nitrogens is 1. The highest BCUT2D eigenvalue weighted by molar-refractivity contribution is 7.91. The zero-order valence-electron chi connectivity index (χ0n) is 15.4. The van der Waals surface area contributed by atoms with E-state index < -0.39 is 15.7 Å². The van der Waals surface area contributed by atoms with Gasteiger partial charge in [0.15, 0.2) is 0 Å². The molecule has 4 rings (SSSR count). The second-order valence-corrected chi connectivity index (χ2v) is 9.64. The number of rotatable bonds is 3. The van der Waals surface area contributed by atoms with Gasteiger partial charge in [0.2, 0.25) is 9.84 Å². The number of anilines is 1. The second-order valence-electron chi connectivity index (χ2n) is 7.28. The lowest BCUT2D eigenvalue weighted by atomic mass is 9.99. The van der Waals surface area contributed by atoms with E-state index in [0.717, 1.165) is 25.9 Å². The van der Waals surface area contributed by atoms with Crippen molar-refractivity contribution >= 4 is 38.0 Å². The normalized spacial score (nSPS) is 17.8. The van der Waals surface area contributed by atoms with Crippen molar-refractivity contribution in [3.63, 3.8) is 0 Å². The first-order valence-corrected chi connectivity index (χ1v) is 11.1. The molecule has 2 aromatic carbocycles. The average Bonchev–Trinajstić information content (AvgIpc) is 2.67. The highest BCUT2D eigenvalue weighted by atomic mass is 35.5. The molecule has 1 aromatic heterocycles. The largest absolute Gasteiger partial charge is 0.370 e. The number of benzene rings is 2. The van der Waals surface area contributed by atoms with Gasteiger partial charge in [-0.2, -0.15) is 0 Å². The Kier molecular flexibility index (Phi) is 5.02. The minimum Gasteiger partial charge on any atom is -0.370 e. The molecule has 0 aliphatic carbocycles. The Balaban J connectivity index is 1.97. The summed E-state index contributed by atoms with van der Waals surface area (Å²) in [5.41, 5.74) is 1.11. The van der Waals surface area contributed by atoms with E-state index in [4.69, 9.17) is 11.6 Å². The maximum atomic E-state index is 14.0. The van der Waals surface area contributed by atoms with Gasteiger partial charge in [-0.15, -0.1) is 0 Å². The SMILES string of the molecule is C[C@@H]1CCCN(c2c(S(=O)(=O)c3ccc(Cl)cc3)cnc3ccc(F)cc23)C1. The smallest absolute Gasteiger partial charge is 0.210 e. The number of sulfone groups is 1. The van der Waals surface area contributed by atoms with Crippen LogP contribution in [0.3, 0.4) is 0 Å². The molecule has 7 heteroatoms. The maximum absolute atomic E-state index is 14.0. The van der Waals surface area contributed by atoms with Crippen LogP contribution in [0.1, 0.15) is 19.8 Å². The average molecular weight is 419 g/mol. The first kappa shape index (κ1) is 19.2. The number of halogens is 2. The molecule has 0 saturated carbocycles. The molecule has 2 heterocycles. The fourth-order valence-corrected chi connectivity index (χ4v) is 5.35. The first-order chi connectivity index (χ1) is 13.4. The number of hydrogen-bond acceptors (Lipinski definition) is 4. The predicted molar refractivity (Wildman–Crippen MR) is 109 cm³/mol. The molecule has 146 valence electrons. The predicted octanol–water partition coefficient (Wildman–Crippen LogP) is 5.10. The van der Waals surface area contributed by atoms with E-state index in [9.17, 15) is 12.8 Å². The molecule has 0 radical (unpaired) electrons. The summed E-state index contributed by atoms with van der Waals surface area (Å²) in [6.45, 7) is 3.59. The van der Waals surface area contributed by atoms with E-state index in [1.54, 1.807) is 18.2 Å². The Hall–Kier alpha value is -2.18. The monoisotopic (exact) mass is 418 g/mol. The number of hydrogen-bond donors (Lipinski definition) is 0. The molecule has 1 aliphatic rings. The third-order valence-corrected chi connectivity index (χ3v) is 7.18. The van der Waals surface area contributed by atoms with Crippen LogP contribution in [0.2, 0.25) is 5.02 Å². The van der Waals surface area contributed by atoms with Crippen LogP contribution in [0.25, 0.3) is 10.9 Å². The third-order valence-electron chi connectivity index (χ3n) is 5.15. The summed E-state index contributed by atoms with van der Waals surface area (Å²) in [6, 6.07) is 10.4. The number of nitrogens with zero attached hydrogens (tertiary/aromatic N) is 2. The molecule has 1 saturated heterocycles. The summed E-state index contributed by atoms with van der Waals surface area (Å²) in [7, 11) is -3.84. The Morgan fingerprint density at radius 1 is 1.18 bits per heavy atom. The van der Waals surface area contributed by atoms with E-state index >= 15 is 0 Å². The Bertz CT molecular complexity index is 1130. The Labute approximate surface area is 168 Å². The van der Waals surface area contributed by atoms with E-state index in [1.165, 1.54) is 30.5 Å². The molecular weight excluding hydrogens is 399 g/mol. The standard InChI is InChI=1S/C21H20ClFN2O2S/c1-14-3-2-10-25(13-14)21-18-11-16(23)6-9-19(18)24-12-20(21)28(26,27)17-7-4-15(22)5-8-17/h4-9,11-12,14H,2-3,10,13H2,1H3/t14-/m1/s1. The van der Waals surface area contributed by atoms with Gasteiger partial charge in [0.25, 0.3) is 0 Å². The van der Waals surface area contributed by atoms with Crippen molar-refractivity contribution in [3.05, 3.63) is 59.5 Å². The van der Waals surface area contributed by atoms with Gasteiger partial charge >= 0.3 is 0 Å². The van der Waals surface area contributed by atoms with Gasteiger partial charge in [-0.1, -0.05) is 18.5 Å². The summed E-state index contributed by atoms with van der Waals surface area (Å²) in [4.78, 5) is 6.60. The molecule has 1 atom stereocenters. The van der Waals surface area contributed by atoms with Crippen LogP contribution < -0.4 is 4.90 Å². The number of pyridine rings is 1. The number of piperidine rings is 1. The molecule has 0 unspecified atom stereocenters. The van der Waals surface area contributed by atoms with E-state index in [2.05, 4.69) is 16.8 Å². The highest BCUT2D eigenvalue weighted by Crippen LogP contribution is 2.38. The van der Waals surface area contributed by atoms with Crippen LogP contribution in [0.5, 0.6) is 0 Å². The maximum Gasteiger partial charge on any atom is 0.210 e. The molecule has 0 bridgehead atoms. The molecule has 0 spiro atoms. The van der Waals surface area contributed by atoms with Gasteiger partial charge in [0, 0.05) is 29.7 Å². The van der Waals surface area contributed by atoms with Gasteiger partial charge in [-0.05, 0) is 61.2 Å². The van der Waals surface area contributed by atoms with Crippen LogP contribution in [0.4, 0.5) is 10.1 Å². The molecule has 0 amide bonds. The zero-order chi connectivity index (χ0) is 19.9. The minimum absolute atomic E-state index is 0.0991. The lowest BCUT2D eigenvalue weighted by Crippen LogP contribution is -2.35. The van der Waals surface area contributed by atoms with Crippen LogP contribution in [0.15, 0.2) is 58.5 Å². The summed E-state index contributed by atoms with van der Waals surface area (Å²) in [5, 5.41) is 0.979. The fourth-order valence-electron chi connectivity index (χ4n) is 3.79. The van der Waals surface area contributed by atoms with Gasteiger partial charge in [-0.3, -0.25) is 4.98 Å². The van der Waals surface area contributed by atoms with E-state index in [1.807, 2.05) is 0 Å². The Morgan fingerprint density at radius 2 is 1.93 bits per heavy atom. The topological polar surface area (TPSA) is 50.3 Å². The molecule has 3 aromatic rings. The molecular formula is C21H20ClFN2O2S. The van der Waals surface area contributed by atoms with Gasteiger partial charge in [0.1, 0.15) is 10.7 Å². The second kappa shape index (κ2) is 7.33. The minimum atomic E-state index is -3.84. The van der Waals surface area contributed by atoms with E-state index in [0.29, 0.717) is 27.5 Å². The van der Waals surface area contributed by atoms with Gasteiger partial charge < -0.3 is 4.90 Å². The highest BCUT2D eigenvalue weighted by Gasteiger charge is 2.29. The van der Waals surface area contributed by atoms with E-state index in [-0.39, 0.29) is 9.79 Å². The molecule has 1 fully saturated rings. The summed E-state index contributed by atoms with van der Waals surface area (Å²) < 4.78 is 40.9. The molecule has 28 heavy (non-hydrogen) atoms. The third kappa shape index (κ3) is 3.47. The van der Waals surface area contributed by atoms with Gasteiger partial charge in [0.05, 0.1) is 16.1 Å². The first-order valence-electron chi connectivity index (χ1n) is 9.20. The van der Waals surface area contributed by atoms with Gasteiger partial charge in [-0.25, -0.2) is 12.8 Å². The fraction of sp³-hybridized carbons (Fsp3) is 0.286. The Morgan fingerprint density at radius 3 is 2.64 bits per heavy atom. The van der Waals surface area contributed by atoms with Crippen molar-refractivity contribution in [2.45, 2.75) is 29.6 Å². The van der Waals surface area contributed by atoms with Crippen molar-refractivity contribution in [2.24, 2.45) is 5.92 Å². The van der Waals surface area contributed by atoms with Crippen LogP contribution in [-0.4, -0.2) is 26.5 Å². The van der Waals surface area contributed by atoms with Crippen molar-refractivity contribution in [1.29, 1.82) is 0 Å². The molecule has 0 N–H and O–H groups in total. The lowest BCUT2D eigenvalue weighted by molar-refractivity contribution is 0.446. The molecule has 4 nitrogen and oxygen atoms in total. The number of fused-ring (bicyclic) bond motifs is 1. The van der Waals surface area contributed by atoms with Crippen LogP contribution >= 0.6 is 11.6 Å². The zero-order valence-corrected chi connectivity index (χ0v) is 17.0. The van der Waals surface area contributed by atoms with Crippen molar-refractivity contribution in [2.75, 3.05) is 18.0 Å². The van der Waals surface area contributed by atoms with Crippen LogP contribution in [-0.2, 0) is 9.84 Å². The van der Waals surface area contributed by atoms with Crippen molar-refractivity contribution < 1.29 is 12.8 Å². The van der Waals surface area contributed by atoms with Crippen molar-refractivity contribution in [1.82, 2.24) is 4.98 Å². The molecule has 1 aliphatic heterocycles. The quantitative estimate of drug-likeness (QED) is 0.594. The summed E-state index contributed by atoms with van der Waals surface area (Å²) in [6.07, 6.45) is 3.44. The van der Waals surface area contributed by atoms with Crippen LogP contribution in [0, 0.1) is 11.7 Å². The van der Waals surface area contributed by atoms with Crippen molar-refractivity contribution in [3.8, 4) is 0 Å². The summed E-state index contributed by atoms with van der Waals surface area (Å²) >= 11 is 5.92. The summed E-state index contributed by atoms with van der Waals surface area (Å²) in [5.74, 6) is 0.0123. The lowest BCUT2D eigenvalue weighted by Gasteiger charge is -2.34.